The van der Waals surface area contributed by atoms with Crippen LogP contribution in [0.1, 0.15) is 100 Å². The highest BCUT2D eigenvalue weighted by Gasteiger charge is 2.70. The summed E-state index contributed by atoms with van der Waals surface area (Å²) in [7, 11) is 0. The molecule has 0 amide bonds. The lowest BCUT2D eigenvalue weighted by Crippen LogP contribution is -2.67. The number of fused-ring (bicyclic) bond motifs is 7. The van der Waals surface area contributed by atoms with Crippen LogP contribution in [0.15, 0.2) is 23.8 Å². The Labute approximate surface area is 219 Å². The van der Waals surface area contributed by atoms with Crippen molar-refractivity contribution in [2.75, 3.05) is 0 Å². The quantitative estimate of drug-likeness (QED) is 0.322. The Morgan fingerprint density at radius 3 is 2.33 bits per heavy atom. The van der Waals surface area contributed by atoms with Crippen LogP contribution in [-0.2, 0) is 9.53 Å². The fraction of sp³-hybridized carbons (Fsp3) is 0.844. The summed E-state index contributed by atoms with van der Waals surface area (Å²) < 4.78 is 5.85. The van der Waals surface area contributed by atoms with Crippen molar-refractivity contribution in [3.8, 4) is 0 Å². The molecule has 5 aliphatic carbocycles. The summed E-state index contributed by atoms with van der Waals surface area (Å²) in [5.41, 5.74) is 2.31. The number of ether oxygens (including phenoxy) is 1. The number of hydrogen-bond donors (Lipinski definition) is 2. The van der Waals surface area contributed by atoms with E-state index in [-0.39, 0.29) is 51.0 Å². The number of aliphatic hydroxyl groups is 2. The Kier molecular flexibility index (Phi) is 5.84. The molecular formula is C32H50O4. The van der Waals surface area contributed by atoms with Crippen LogP contribution in [-0.4, -0.2) is 34.5 Å². The molecule has 0 unspecified atom stereocenters. The molecule has 11 atom stereocenters. The molecule has 5 rings (SSSR count). The average Bonchev–Trinajstić information content (AvgIpc) is 2.75. The Hall–Kier alpha value is -1.13. The SMILES string of the molecule is C=C1[C@H](O)C[C@]2(C)CC[C@]3(C)C(=C[C@@H](O)[C@@H]4[C@@]5(C)CC[C@H](OC(C)=O)C(C)(C)[C@@H]5CC[C@]43C)[C@@H]2[C@@H]1C. The Morgan fingerprint density at radius 2 is 1.69 bits per heavy atom. The number of aliphatic hydroxyl groups excluding tert-OH is 2. The van der Waals surface area contributed by atoms with E-state index in [0.717, 1.165) is 50.5 Å². The van der Waals surface area contributed by atoms with Gasteiger partial charge in [0, 0.05) is 18.3 Å². The van der Waals surface area contributed by atoms with E-state index in [0.29, 0.717) is 11.8 Å². The standard InChI is InChI=1S/C32H50O4/c1-18-19(2)26-21-16-22(34)27-30(7)12-11-25(36-20(3)33)28(4,5)24(30)10-13-32(27,9)31(21,8)15-14-29(26,6)17-23(18)35/h16,19,22-27,34-35H,1,10-15,17H2,2-9H3/t19-,22-,23-,24+,25+,26+,27-,29+,30+,31-,32-/m1/s1. The second-order valence-electron chi connectivity index (χ2n) is 15.1. The van der Waals surface area contributed by atoms with Gasteiger partial charge in [-0.1, -0.05) is 66.7 Å². The maximum atomic E-state index is 12.1. The highest BCUT2D eigenvalue weighted by Crippen LogP contribution is 2.75. The molecular weight excluding hydrogens is 448 g/mol. The van der Waals surface area contributed by atoms with Gasteiger partial charge in [0.15, 0.2) is 0 Å². The van der Waals surface area contributed by atoms with Crippen LogP contribution < -0.4 is 0 Å². The molecule has 0 aliphatic heterocycles. The molecule has 0 radical (unpaired) electrons. The van der Waals surface area contributed by atoms with Crippen LogP contribution in [0.3, 0.4) is 0 Å². The fourth-order valence-electron chi connectivity index (χ4n) is 11.2. The molecule has 36 heavy (non-hydrogen) atoms. The van der Waals surface area contributed by atoms with Gasteiger partial charge >= 0.3 is 5.97 Å². The maximum Gasteiger partial charge on any atom is 0.302 e. The molecule has 0 aromatic carbocycles. The smallest absolute Gasteiger partial charge is 0.302 e. The number of carbonyl (C=O) groups is 1. The third-order valence-corrected chi connectivity index (χ3v) is 13.2. The van der Waals surface area contributed by atoms with Crippen molar-refractivity contribution in [2.45, 2.75) is 119 Å². The first kappa shape index (κ1) is 26.5. The second kappa shape index (κ2) is 7.94. The van der Waals surface area contributed by atoms with Crippen LogP contribution in [0.2, 0.25) is 0 Å². The van der Waals surface area contributed by atoms with Gasteiger partial charge < -0.3 is 14.9 Å². The van der Waals surface area contributed by atoms with Crippen molar-refractivity contribution in [2.24, 2.45) is 50.7 Å². The molecule has 4 saturated carbocycles. The zero-order chi connectivity index (χ0) is 26.6. The predicted octanol–water partition coefficient (Wildman–Crippen LogP) is 6.46. The normalized spacial score (nSPS) is 53.8. The first-order valence-electron chi connectivity index (χ1n) is 14.5. The largest absolute Gasteiger partial charge is 0.462 e. The molecule has 202 valence electrons. The van der Waals surface area contributed by atoms with Gasteiger partial charge in [0.05, 0.1) is 12.2 Å². The summed E-state index contributed by atoms with van der Waals surface area (Å²) in [5.74, 6) is 0.913. The fourth-order valence-corrected chi connectivity index (χ4v) is 11.2. The van der Waals surface area contributed by atoms with Gasteiger partial charge in [-0.15, -0.1) is 0 Å². The van der Waals surface area contributed by atoms with Gasteiger partial charge in [-0.05, 0) is 89.9 Å². The summed E-state index contributed by atoms with van der Waals surface area (Å²) in [6, 6.07) is 0. The van der Waals surface area contributed by atoms with E-state index in [1.165, 1.54) is 12.5 Å². The average molecular weight is 499 g/mol. The van der Waals surface area contributed by atoms with Gasteiger partial charge in [-0.25, -0.2) is 0 Å². The van der Waals surface area contributed by atoms with Gasteiger partial charge in [0.25, 0.3) is 0 Å². The molecule has 5 aliphatic rings. The molecule has 0 saturated heterocycles. The van der Waals surface area contributed by atoms with E-state index in [4.69, 9.17) is 4.74 Å². The molecule has 0 bridgehead atoms. The number of esters is 1. The summed E-state index contributed by atoms with van der Waals surface area (Å²) in [4.78, 5) is 11.9. The molecule has 0 aromatic heterocycles. The van der Waals surface area contributed by atoms with Gasteiger partial charge in [0.1, 0.15) is 6.10 Å². The van der Waals surface area contributed by atoms with Crippen LogP contribution >= 0.6 is 0 Å². The molecule has 4 heteroatoms. The summed E-state index contributed by atoms with van der Waals surface area (Å²) in [6.45, 7) is 22.4. The van der Waals surface area contributed by atoms with E-state index in [1.807, 2.05) is 0 Å². The van der Waals surface area contributed by atoms with Crippen molar-refractivity contribution >= 4 is 5.97 Å². The van der Waals surface area contributed by atoms with Gasteiger partial charge in [-0.2, -0.15) is 0 Å². The van der Waals surface area contributed by atoms with Crippen LogP contribution in [0.5, 0.6) is 0 Å². The number of allylic oxidation sites excluding steroid dienone is 1. The van der Waals surface area contributed by atoms with Crippen LogP contribution in [0.4, 0.5) is 0 Å². The predicted molar refractivity (Wildman–Crippen MR) is 143 cm³/mol. The molecule has 4 fully saturated rings. The number of rotatable bonds is 1. The monoisotopic (exact) mass is 498 g/mol. The Morgan fingerprint density at radius 1 is 1.03 bits per heavy atom. The molecule has 2 N–H and O–H groups in total. The van der Waals surface area contributed by atoms with Gasteiger partial charge in [0.2, 0.25) is 0 Å². The molecule has 4 nitrogen and oxygen atoms in total. The molecule has 0 aromatic rings. The maximum absolute atomic E-state index is 12.1. The van der Waals surface area contributed by atoms with Gasteiger partial charge in [-0.3, -0.25) is 4.79 Å². The van der Waals surface area contributed by atoms with E-state index in [9.17, 15) is 15.0 Å². The Balaban J connectivity index is 1.59. The highest BCUT2D eigenvalue weighted by atomic mass is 16.5. The lowest BCUT2D eigenvalue weighted by atomic mass is 9.33. The van der Waals surface area contributed by atoms with Crippen molar-refractivity contribution in [1.82, 2.24) is 0 Å². The lowest BCUT2D eigenvalue weighted by Gasteiger charge is -2.72. The Bertz CT molecular complexity index is 996. The number of hydrogen-bond acceptors (Lipinski definition) is 4. The van der Waals surface area contributed by atoms with Crippen molar-refractivity contribution in [3.63, 3.8) is 0 Å². The minimum atomic E-state index is -0.485. The van der Waals surface area contributed by atoms with E-state index >= 15 is 0 Å². The third kappa shape index (κ3) is 3.22. The topological polar surface area (TPSA) is 66.8 Å². The molecule has 0 spiro atoms. The molecule has 0 heterocycles. The summed E-state index contributed by atoms with van der Waals surface area (Å²) in [5, 5.41) is 22.8. The minimum Gasteiger partial charge on any atom is -0.462 e. The van der Waals surface area contributed by atoms with E-state index in [1.54, 1.807) is 0 Å². The lowest BCUT2D eigenvalue weighted by molar-refractivity contribution is -0.229. The minimum absolute atomic E-state index is 0.00938. The van der Waals surface area contributed by atoms with Crippen LogP contribution in [0.25, 0.3) is 0 Å². The van der Waals surface area contributed by atoms with E-state index < -0.39 is 12.2 Å². The van der Waals surface area contributed by atoms with Crippen molar-refractivity contribution in [3.05, 3.63) is 23.8 Å². The van der Waals surface area contributed by atoms with Crippen molar-refractivity contribution in [1.29, 1.82) is 0 Å². The van der Waals surface area contributed by atoms with E-state index in [2.05, 4.69) is 61.1 Å². The first-order valence-corrected chi connectivity index (χ1v) is 14.5. The zero-order valence-corrected chi connectivity index (χ0v) is 24.0. The third-order valence-electron chi connectivity index (χ3n) is 13.2. The van der Waals surface area contributed by atoms with Crippen LogP contribution in [0, 0.1) is 50.7 Å². The number of carbonyl (C=O) groups excluding carboxylic acids is 1. The highest BCUT2D eigenvalue weighted by molar-refractivity contribution is 5.66. The summed E-state index contributed by atoms with van der Waals surface area (Å²) >= 11 is 0. The summed E-state index contributed by atoms with van der Waals surface area (Å²) in [6.07, 6.45) is 8.33. The second-order valence-corrected chi connectivity index (χ2v) is 15.1. The first-order chi connectivity index (χ1) is 16.5. The van der Waals surface area contributed by atoms with Crippen molar-refractivity contribution < 1.29 is 19.7 Å². The zero-order valence-electron chi connectivity index (χ0n) is 24.0.